The van der Waals surface area contributed by atoms with E-state index >= 15 is 0 Å². The average molecular weight is 245 g/mol. The summed E-state index contributed by atoms with van der Waals surface area (Å²) in [6, 6.07) is 3.46. The van der Waals surface area contributed by atoms with Gasteiger partial charge in [-0.1, -0.05) is 6.92 Å². The highest BCUT2D eigenvalue weighted by Crippen LogP contribution is 2.22. The zero-order valence-corrected chi connectivity index (χ0v) is 10.1. The second-order valence-corrected chi connectivity index (χ2v) is 3.80. The second kappa shape index (κ2) is 5.31. The number of nitrogens with one attached hydrogen (secondary N) is 1. The van der Waals surface area contributed by atoms with Crippen LogP contribution in [0, 0.1) is 5.41 Å². The number of ether oxygens (including phenoxy) is 1. The molecule has 0 aliphatic carbocycles. The molecule has 0 saturated heterocycles. The lowest BCUT2D eigenvalue weighted by Gasteiger charge is -2.06. The molecular formula is C12H15N5O. The van der Waals surface area contributed by atoms with Crippen LogP contribution in [0.15, 0.2) is 30.7 Å². The van der Waals surface area contributed by atoms with E-state index in [2.05, 4.69) is 17.0 Å². The number of aromatic nitrogens is 3. The minimum Gasteiger partial charge on any atom is -0.452 e. The van der Waals surface area contributed by atoms with E-state index in [1.165, 1.54) is 0 Å². The monoisotopic (exact) mass is 245 g/mol. The summed E-state index contributed by atoms with van der Waals surface area (Å²) in [6.45, 7) is 2.92. The zero-order chi connectivity index (χ0) is 13.0. The summed E-state index contributed by atoms with van der Waals surface area (Å²) < 4.78 is 7.44. The zero-order valence-electron chi connectivity index (χ0n) is 10.1. The number of pyridine rings is 1. The molecule has 0 bridgehead atoms. The van der Waals surface area contributed by atoms with E-state index < -0.39 is 0 Å². The number of amidine groups is 1. The van der Waals surface area contributed by atoms with E-state index in [-0.39, 0.29) is 5.84 Å². The maximum absolute atomic E-state index is 7.43. The average Bonchev–Trinajstić information content (AvgIpc) is 2.77. The first-order valence-electron chi connectivity index (χ1n) is 5.70. The fourth-order valence-corrected chi connectivity index (χ4v) is 1.55. The molecule has 0 aliphatic heterocycles. The van der Waals surface area contributed by atoms with Crippen LogP contribution < -0.4 is 10.5 Å². The van der Waals surface area contributed by atoms with Gasteiger partial charge in [-0.2, -0.15) is 5.10 Å². The van der Waals surface area contributed by atoms with Crippen molar-refractivity contribution in [1.82, 2.24) is 14.8 Å². The van der Waals surface area contributed by atoms with E-state index in [1.807, 2.05) is 0 Å². The number of rotatable bonds is 5. The van der Waals surface area contributed by atoms with Crippen LogP contribution in [-0.4, -0.2) is 20.6 Å². The molecule has 0 aliphatic rings. The molecular weight excluding hydrogens is 230 g/mol. The molecule has 2 aromatic heterocycles. The van der Waals surface area contributed by atoms with E-state index in [0.717, 1.165) is 13.0 Å². The van der Waals surface area contributed by atoms with E-state index in [1.54, 1.807) is 35.4 Å². The van der Waals surface area contributed by atoms with Gasteiger partial charge in [0.2, 0.25) is 0 Å². The van der Waals surface area contributed by atoms with Crippen molar-refractivity contribution in [2.24, 2.45) is 5.73 Å². The number of aryl methyl sites for hydroxylation is 1. The first-order valence-corrected chi connectivity index (χ1v) is 5.70. The molecule has 0 amide bonds. The Morgan fingerprint density at radius 3 is 3.11 bits per heavy atom. The molecule has 0 fully saturated rings. The molecule has 18 heavy (non-hydrogen) atoms. The van der Waals surface area contributed by atoms with Crippen LogP contribution in [0.25, 0.3) is 0 Å². The molecule has 0 aromatic carbocycles. The Labute approximate surface area is 105 Å². The number of nitrogen functional groups attached to an aromatic ring is 1. The highest BCUT2D eigenvalue weighted by Gasteiger charge is 2.09. The second-order valence-electron chi connectivity index (χ2n) is 3.80. The standard InChI is InChI=1S/C12H15N5O/c1-2-6-17-8-9(7-16-17)18-10-4-3-5-15-11(10)12(13)14/h3-5,7-8H,2,6H2,1H3,(H3,13,14). The molecule has 0 spiro atoms. The van der Waals surface area contributed by atoms with Gasteiger partial charge in [-0.3, -0.25) is 10.1 Å². The van der Waals surface area contributed by atoms with Crippen molar-refractivity contribution in [1.29, 1.82) is 5.41 Å². The van der Waals surface area contributed by atoms with Crippen LogP contribution in [-0.2, 0) is 6.54 Å². The molecule has 6 nitrogen and oxygen atoms in total. The Balaban J connectivity index is 2.20. The lowest BCUT2D eigenvalue weighted by Crippen LogP contribution is -2.14. The summed E-state index contributed by atoms with van der Waals surface area (Å²) in [7, 11) is 0. The Hall–Kier alpha value is -2.37. The van der Waals surface area contributed by atoms with Crippen molar-refractivity contribution < 1.29 is 4.74 Å². The smallest absolute Gasteiger partial charge is 0.165 e. The Morgan fingerprint density at radius 2 is 2.39 bits per heavy atom. The summed E-state index contributed by atoms with van der Waals surface area (Å²) in [5.74, 6) is 0.951. The number of nitrogens with two attached hydrogens (primary N) is 1. The van der Waals surface area contributed by atoms with Crippen LogP contribution in [0.1, 0.15) is 19.0 Å². The van der Waals surface area contributed by atoms with Crippen LogP contribution in [0.5, 0.6) is 11.5 Å². The van der Waals surface area contributed by atoms with Gasteiger partial charge in [-0.05, 0) is 18.6 Å². The predicted octanol–water partition coefficient (Wildman–Crippen LogP) is 1.76. The minimum absolute atomic E-state index is 0.119. The van der Waals surface area contributed by atoms with E-state index in [0.29, 0.717) is 17.2 Å². The first kappa shape index (κ1) is 12.1. The highest BCUT2D eigenvalue weighted by atomic mass is 16.5. The summed E-state index contributed by atoms with van der Waals surface area (Å²) in [6.07, 6.45) is 6.02. The fraction of sp³-hybridized carbons (Fsp3) is 0.250. The normalized spacial score (nSPS) is 10.3. The molecule has 2 aromatic rings. The van der Waals surface area contributed by atoms with Crippen molar-refractivity contribution in [2.75, 3.05) is 0 Å². The third-order valence-corrected chi connectivity index (χ3v) is 2.32. The molecule has 0 radical (unpaired) electrons. The molecule has 2 rings (SSSR count). The van der Waals surface area contributed by atoms with Gasteiger partial charge in [0.05, 0.1) is 12.4 Å². The molecule has 6 heteroatoms. The Morgan fingerprint density at radius 1 is 1.56 bits per heavy atom. The predicted molar refractivity (Wildman–Crippen MR) is 67.8 cm³/mol. The lowest BCUT2D eigenvalue weighted by atomic mass is 10.3. The van der Waals surface area contributed by atoms with Crippen molar-refractivity contribution >= 4 is 5.84 Å². The fourth-order valence-electron chi connectivity index (χ4n) is 1.55. The molecule has 3 N–H and O–H groups in total. The number of hydrogen-bond donors (Lipinski definition) is 2. The molecule has 0 unspecified atom stereocenters. The third kappa shape index (κ3) is 2.65. The third-order valence-electron chi connectivity index (χ3n) is 2.32. The topological polar surface area (TPSA) is 89.8 Å². The van der Waals surface area contributed by atoms with Crippen molar-refractivity contribution in [3.8, 4) is 11.5 Å². The van der Waals surface area contributed by atoms with Gasteiger partial charge < -0.3 is 10.5 Å². The number of hydrogen-bond acceptors (Lipinski definition) is 4. The molecule has 0 saturated carbocycles. The van der Waals surface area contributed by atoms with Crippen LogP contribution >= 0.6 is 0 Å². The van der Waals surface area contributed by atoms with Gasteiger partial charge in [-0.25, -0.2) is 4.98 Å². The maximum atomic E-state index is 7.43. The van der Waals surface area contributed by atoms with Gasteiger partial charge in [0.25, 0.3) is 0 Å². The Bertz CT molecular complexity index is 549. The Kier molecular flexibility index (Phi) is 3.57. The van der Waals surface area contributed by atoms with Crippen LogP contribution in [0.2, 0.25) is 0 Å². The largest absolute Gasteiger partial charge is 0.452 e. The maximum Gasteiger partial charge on any atom is 0.165 e. The molecule has 94 valence electrons. The van der Waals surface area contributed by atoms with Crippen LogP contribution in [0.4, 0.5) is 0 Å². The van der Waals surface area contributed by atoms with Gasteiger partial charge in [0.1, 0.15) is 11.5 Å². The quantitative estimate of drug-likeness (QED) is 0.620. The van der Waals surface area contributed by atoms with Crippen LogP contribution in [0.3, 0.4) is 0 Å². The summed E-state index contributed by atoms with van der Waals surface area (Å²) in [5.41, 5.74) is 5.78. The van der Waals surface area contributed by atoms with E-state index in [9.17, 15) is 0 Å². The van der Waals surface area contributed by atoms with Gasteiger partial charge in [-0.15, -0.1) is 0 Å². The van der Waals surface area contributed by atoms with Crippen molar-refractivity contribution in [3.05, 3.63) is 36.4 Å². The molecule has 2 heterocycles. The van der Waals surface area contributed by atoms with Crippen molar-refractivity contribution in [3.63, 3.8) is 0 Å². The summed E-state index contributed by atoms with van der Waals surface area (Å²) in [5, 5.41) is 11.6. The minimum atomic E-state index is -0.119. The molecule has 0 atom stereocenters. The van der Waals surface area contributed by atoms with Gasteiger partial charge >= 0.3 is 0 Å². The van der Waals surface area contributed by atoms with Gasteiger partial charge in [0.15, 0.2) is 11.5 Å². The lowest BCUT2D eigenvalue weighted by molar-refractivity contribution is 0.477. The highest BCUT2D eigenvalue weighted by molar-refractivity contribution is 5.95. The SMILES string of the molecule is CCCn1cc(Oc2cccnc2C(=N)N)cn1. The van der Waals surface area contributed by atoms with Crippen molar-refractivity contribution in [2.45, 2.75) is 19.9 Å². The van der Waals surface area contributed by atoms with Gasteiger partial charge in [0, 0.05) is 12.7 Å². The van der Waals surface area contributed by atoms with E-state index in [4.69, 9.17) is 15.9 Å². The summed E-state index contributed by atoms with van der Waals surface area (Å²) in [4.78, 5) is 4.02. The number of nitrogens with zero attached hydrogens (tertiary/aromatic N) is 3. The first-order chi connectivity index (χ1) is 8.70. The summed E-state index contributed by atoms with van der Waals surface area (Å²) >= 11 is 0.